The van der Waals surface area contributed by atoms with Gasteiger partial charge in [-0.2, -0.15) is 0 Å². The van der Waals surface area contributed by atoms with Crippen LogP contribution in [0.25, 0.3) is 0 Å². The van der Waals surface area contributed by atoms with Crippen LogP contribution in [0.2, 0.25) is 0 Å². The average molecular weight is 374 g/mol. The van der Waals surface area contributed by atoms with Gasteiger partial charge in [-0.15, -0.1) is 0 Å². The summed E-state index contributed by atoms with van der Waals surface area (Å²) in [4.78, 5) is 14.1. The second kappa shape index (κ2) is 7.51. The summed E-state index contributed by atoms with van der Waals surface area (Å²) in [5.74, 6) is -0.259. The molecule has 0 bridgehead atoms. The topological polar surface area (TPSA) is 71.0 Å². The molecule has 6 heteroatoms. The molecule has 2 saturated heterocycles. The van der Waals surface area contributed by atoms with Crippen molar-refractivity contribution in [3.05, 3.63) is 34.4 Å². The Bertz CT molecular complexity index is 712. The lowest BCUT2D eigenvalue weighted by Gasteiger charge is -2.49. The lowest BCUT2D eigenvalue weighted by Crippen LogP contribution is -2.55. The highest BCUT2D eigenvalue weighted by atomic mass is 16.5. The molecular formula is C21H30N2O4. The van der Waals surface area contributed by atoms with Crippen LogP contribution in [-0.2, 0) is 16.1 Å². The zero-order valence-electron chi connectivity index (χ0n) is 16.3. The van der Waals surface area contributed by atoms with Crippen molar-refractivity contribution in [2.75, 3.05) is 39.8 Å². The summed E-state index contributed by atoms with van der Waals surface area (Å²) in [6.45, 7) is 6.90. The summed E-state index contributed by atoms with van der Waals surface area (Å²) in [5.41, 5.74) is 3.73. The molecule has 1 spiro atoms. The standard InChI is InChI=1S/C21H30N2O4/c1-14-15(3-4-16-17(14)13-27-20(16)25)18(24)12-23-9-6-21(7-10-23)5-8-22-11-19(21)26-2/h3-4,18-19,22,24H,5-13H2,1-2H3/t18-,19?/m0/s1. The number of aliphatic hydroxyl groups excluding tert-OH is 1. The van der Waals surface area contributed by atoms with Gasteiger partial charge in [-0.25, -0.2) is 4.79 Å². The number of hydrogen-bond acceptors (Lipinski definition) is 6. The number of nitrogens with one attached hydrogen (secondary N) is 1. The number of piperidine rings is 2. The third-order valence-electron chi connectivity index (χ3n) is 6.95. The van der Waals surface area contributed by atoms with E-state index in [1.165, 1.54) is 6.42 Å². The smallest absolute Gasteiger partial charge is 0.338 e. The largest absolute Gasteiger partial charge is 0.457 e. The van der Waals surface area contributed by atoms with Crippen molar-refractivity contribution < 1.29 is 19.4 Å². The summed E-state index contributed by atoms with van der Waals surface area (Å²) in [5, 5.41) is 14.3. The predicted molar refractivity (Wildman–Crippen MR) is 102 cm³/mol. The molecule has 0 amide bonds. The van der Waals surface area contributed by atoms with Crippen LogP contribution < -0.4 is 5.32 Å². The third kappa shape index (κ3) is 3.40. The van der Waals surface area contributed by atoms with Crippen molar-refractivity contribution in [3.8, 4) is 0 Å². The highest BCUT2D eigenvalue weighted by molar-refractivity contribution is 5.93. The number of ether oxygens (including phenoxy) is 2. The maximum absolute atomic E-state index is 11.7. The first-order valence-corrected chi connectivity index (χ1v) is 9.97. The maximum atomic E-state index is 11.7. The quantitative estimate of drug-likeness (QED) is 0.783. The SMILES string of the molecule is COC1CNCCC12CCN(C[C@H](O)c1ccc3c(c1C)COC3=O)CC2. The average Bonchev–Trinajstić information content (AvgIpc) is 3.06. The van der Waals surface area contributed by atoms with Crippen LogP contribution in [0.1, 0.15) is 52.4 Å². The molecule has 2 atom stereocenters. The first-order chi connectivity index (χ1) is 13.0. The number of hydrogen-bond donors (Lipinski definition) is 2. The van der Waals surface area contributed by atoms with Crippen LogP contribution >= 0.6 is 0 Å². The van der Waals surface area contributed by atoms with Crippen LogP contribution in [0.3, 0.4) is 0 Å². The Balaban J connectivity index is 1.40. The highest BCUT2D eigenvalue weighted by Crippen LogP contribution is 2.41. The molecule has 1 aromatic carbocycles. The van der Waals surface area contributed by atoms with Crippen molar-refractivity contribution in [3.63, 3.8) is 0 Å². The summed E-state index contributed by atoms with van der Waals surface area (Å²) in [6, 6.07) is 3.67. The van der Waals surface area contributed by atoms with Gasteiger partial charge in [0.1, 0.15) is 6.61 Å². The van der Waals surface area contributed by atoms with Gasteiger partial charge >= 0.3 is 5.97 Å². The monoisotopic (exact) mass is 374 g/mol. The van der Waals surface area contributed by atoms with Crippen molar-refractivity contribution in [1.82, 2.24) is 10.2 Å². The zero-order valence-corrected chi connectivity index (χ0v) is 16.3. The lowest BCUT2D eigenvalue weighted by molar-refractivity contribution is -0.0703. The van der Waals surface area contributed by atoms with Crippen LogP contribution in [0.5, 0.6) is 0 Å². The van der Waals surface area contributed by atoms with Gasteiger partial charge in [0, 0.05) is 31.2 Å². The first kappa shape index (κ1) is 18.9. The number of carbonyl (C=O) groups is 1. The van der Waals surface area contributed by atoms with Gasteiger partial charge < -0.3 is 24.8 Å². The number of β-amino-alcohol motifs (C(OH)–C–C–N with tert-alkyl or cyclic N) is 1. The molecule has 1 unspecified atom stereocenters. The second-order valence-electron chi connectivity index (χ2n) is 8.24. The Morgan fingerprint density at radius 1 is 1.37 bits per heavy atom. The van der Waals surface area contributed by atoms with Gasteiger partial charge in [0.25, 0.3) is 0 Å². The van der Waals surface area contributed by atoms with Crippen molar-refractivity contribution in [1.29, 1.82) is 0 Å². The molecule has 0 aromatic heterocycles. The molecule has 148 valence electrons. The molecule has 0 radical (unpaired) electrons. The van der Waals surface area contributed by atoms with E-state index < -0.39 is 6.10 Å². The number of methoxy groups -OCH3 is 1. The van der Waals surface area contributed by atoms with E-state index in [2.05, 4.69) is 10.2 Å². The Labute approximate surface area is 160 Å². The van der Waals surface area contributed by atoms with Crippen LogP contribution in [0, 0.1) is 12.3 Å². The van der Waals surface area contributed by atoms with E-state index >= 15 is 0 Å². The fraction of sp³-hybridized carbons (Fsp3) is 0.667. The molecule has 2 fully saturated rings. The minimum absolute atomic E-state index is 0.259. The normalized spacial score (nSPS) is 26.0. The number of cyclic esters (lactones) is 1. The van der Waals surface area contributed by atoms with Crippen molar-refractivity contribution in [2.24, 2.45) is 5.41 Å². The second-order valence-corrected chi connectivity index (χ2v) is 8.24. The Morgan fingerprint density at radius 3 is 2.89 bits per heavy atom. The molecular weight excluding hydrogens is 344 g/mol. The molecule has 2 N–H and O–H groups in total. The van der Waals surface area contributed by atoms with Gasteiger partial charge in [-0.1, -0.05) is 6.07 Å². The fourth-order valence-electron chi connectivity index (χ4n) is 5.11. The van der Waals surface area contributed by atoms with E-state index in [0.29, 0.717) is 18.7 Å². The number of fused-ring (bicyclic) bond motifs is 1. The Hall–Kier alpha value is -1.47. The van der Waals surface area contributed by atoms with E-state index in [9.17, 15) is 9.90 Å². The number of carbonyl (C=O) groups excluding carboxylic acids is 1. The molecule has 0 aliphatic carbocycles. The lowest BCUT2D eigenvalue weighted by atomic mass is 9.69. The molecule has 1 aromatic rings. The maximum Gasteiger partial charge on any atom is 0.338 e. The summed E-state index contributed by atoms with van der Waals surface area (Å²) in [7, 11) is 1.82. The Morgan fingerprint density at radius 2 is 2.15 bits per heavy atom. The van der Waals surface area contributed by atoms with Gasteiger partial charge in [-0.3, -0.25) is 0 Å². The number of likely N-dealkylation sites (tertiary alicyclic amines) is 1. The molecule has 4 rings (SSSR count). The number of benzene rings is 1. The molecule has 6 nitrogen and oxygen atoms in total. The zero-order chi connectivity index (χ0) is 19.0. The van der Waals surface area contributed by atoms with Gasteiger partial charge in [-0.05, 0) is 63.0 Å². The van der Waals surface area contributed by atoms with E-state index in [1.807, 2.05) is 20.1 Å². The molecule has 3 heterocycles. The van der Waals surface area contributed by atoms with Gasteiger partial charge in [0.05, 0.1) is 17.8 Å². The third-order valence-corrected chi connectivity index (χ3v) is 6.95. The van der Waals surface area contributed by atoms with E-state index in [1.54, 1.807) is 6.07 Å². The Kier molecular flexibility index (Phi) is 5.25. The van der Waals surface area contributed by atoms with Gasteiger partial charge in [0.2, 0.25) is 0 Å². The van der Waals surface area contributed by atoms with Crippen LogP contribution in [0.15, 0.2) is 12.1 Å². The van der Waals surface area contributed by atoms with Crippen LogP contribution in [-0.4, -0.2) is 61.9 Å². The van der Waals surface area contributed by atoms with Crippen molar-refractivity contribution in [2.45, 2.75) is 45.0 Å². The number of nitrogens with zero attached hydrogens (tertiary/aromatic N) is 1. The first-order valence-electron chi connectivity index (χ1n) is 9.97. The molecule has 3 aliphatic heterocycles. The fourth-order valence-corrected chi connectivity index (χ4v) is 5.11. The van der Waals surface area contributed by atoms with E-state index in [4.69, 9.17) is 9.47 Å². The molecule has 3 aliphatic rings. The van der Waals surface area contributed by atoms with Gasteiger partial charge in [0.15, 0.2) is 0 Å². The summed E-state index contributed by atoms with van der Waals surface area (Å²) < 4.78 is 10.9. The molecule has 0 saturated carbocycles. The minimum Gasteiger partial charge on any atom is -0.457 e. The highest BCUT2D eigenvalue weighted by Gasteiger charge is 2.43. The van der Waals surface area contributed by atoms with E-state index in [-0.39, 0.29) is 17.5 Å². The summed E-state index contributed by atoms with van der Waals surface area (Å²) >= 11 is 0. The van der Waals surface area contributed by atoms with Crippen molar-refractivity contribution >= 4 is 5.97 Å². The number of esters is 1. The summed E-state index contributed by atoms with van der Waals surface area (Å²) in [6.07, 6.45) is 3.14. The predicted octanol–water partition coefficient (Wildman–Crippen LogP) is 1.79. The number of rotatable bonds is 4. The number of aliphatic hydroxyl groups is 1. The minimum atomic E-state index is -0.550. The van der Waals surface area contributed by atoms with Crippen LogP contribution in [0.4, 0.5) is 0 Å². The van der Waals surface area contributed by atoms with E-state index in [0.717, 1.165) is 55.7 Å². The molecule has 27 heavy (non-hydrogen) atoms.